The van der Waals surface area contributed by atoms with Crippen LogP contribution in [0.4, 0.5) is 5.69 Å². The summed E-state index contributed by atoms with van der Waals surface area (Å²) in [6, 6.07) is 14.0. The van der Waals surface area contributed by atoms with Crippen molar-refractivity contribution in [1.82, 2.24) is 9.55 Å². The summed E-state index contributed by atoms with van der Waals surface area (Å²) in [5.41, 5.74) is 3.09. The molecule has 3 rings (SSSR count). The fourth-order valence-corrected chi connectivity index (χ4v) is 2.71. The number of benzene rings is 2. The number of para-hydroxylation sites is 2. The lowest BCUT2D eigenvalue weighted by Gasteiger charge is -2.11. The van der Waals surface area contributed by atoms with Crippen LogP contribution in [0.25, 0.3) is 11.0 Å². The summed E-state index contributed by atoms with van der Waals surface area (Å²) < 4.78 is 8.48. The van der Waals surface area contributed by atoms with Crippen molar-refractivity contribution < 1.29 is 4.74 Å². The summed E-state index contributed by atoms with van der Waals surface area (Å²) in [4.78, 5) is 4.65. The minimum atomic E-state index is 0.637. The highest BCUT2D eigenvalue weighted by molar-refractivity contribution is 9.10. The number of imidazole rings is 1. The van der Waals surface area contributed by atoms with Crippen LogP contribution in [0.5, 0.6) is 5.75 Å². The Kier molecular flexibility index (Phi) is 3.84. The van der Waals surface area contributed by atoms with Gasteiger partial charge in [0.1, 0.15) is 11.6 Å². The molecule has 1 aromatic heterocycles. The van der Waals surface area contributed by atoms with Crippen LogP contribution in [0.1, 0.15) is 5.82 Å². The number of aryl methyl sites for hydroxylation is 1. The maximum Gasteiger partial charge on any atom is 0.142 e. The zero-order chi connectivity index (χ0) is 14.8. The van der Waals surface area contributed by atoms with Crippen molar-refractivity contribution in [2.24, 2.45) is 7.05 Å². The molecule has 0 radical (unpaired) electrons. The summed E-state index contributed by atoms with van der Waals surface area (Å²) in [5, 5.41) is 3.38. The SMILES string of the molecule is COc1ccc(Br)cc1NCc1nc2ccccc2n1C. The first kappa shape index (κ1) is 13.9. The molecule has 1 heterocycles. The van der Waals surface area contributed by atoms with Gasteiger partial charge in [0, 0.05) is 11.5 Å². The molecule has 0 bridgehead atoms. The fourth-order valence-electron chi connectivity index (χ4n) is 2.35. The van der Waals surface area contributed by atoms with Gasteiger partial charge >= 0.3 is 0 Å². The van der Waals surface area contributed by atoms with E-state index >= 15 is 0 Å². The molecule has 5 heteroatoms. The Bertz CT molecular complexity index is 782. The van der Waals surface area contributed by atoms with Gasteiger partial charge in [-0.25, -0.2) is 4.98 Å². The number of nitrogens with one attached hydrogen (secondary N) is 1. The lowest BCUT2D eigenvalue weighted by molar-refractivity contribution is 0.416. The third kappa shape index (κ3) is 2.74. The summed E-state index contributed by atoms with van der Waals surface area (Å²) in [6.07, 6.45) is 0. The number of rotatable bonds is 4. The Morgan fingerprint density at radius 1 is 1.24 bits per heavy atom. The zero-order valence-corrected chi connectivity index (χ0v) is 13.5. The van der Waals surface area contributed by atoms with Crippen molar-refractivity contribution in [2.45, 2.75) is 6.54 Å². The van der Waals surface area contributed by atoms with Crippen LogP contribution < -0.4 is 10.1 Å². The molecule has 0 aliphatic heterocycles. The zero-order valence-electron chi connectivity index (χ0n) is 11.9. The number of anilines is 1. The predicted octanol–water partition coefficient (Wildman–Crippen LogP) is 3.96. The van der Waals surface area contributed by atoms with Crippen molar-refractivity contribution in [3.05, 3.63) is 52.8 Å². The quantitative estimate of drug-likeness (QED) is 0.777. The van der Waals surface area contributed by atoms with Crippen LogP contribution in [0.2, 0.25) is 0 Å². The number of fused-ring (bicyclic) bond motifs is 1. The van der Waals surface area contributed by atoms with E-state index in [-0.39, 0.29) is 0 Å². The normalized spacial score (nSPS) is 10.8. The molecule has 4 nitrogen and oxygen atoms in total. The number of nitrogens with zero attached hydrogens (tertiary/aromatic N) is 2. The maximum atomic E-state index is 5.37. The second-order valence-corrected chi connectivity index (χ2v) is 5.69. The average molecular weight is 346 g/mol. The molecule has 2 aromatic carbocycles. The van der Waals surface area contributed by atoms with Crippen molar-refractivity contribution in [3.63, 3.8) is 0 Å². The largest absolute Gasteiger partial charge is 0.495 e. The van der Waals surface area contributed by atoms with Crippen molar-refractivity contribution in [1.29, 1.82) is 0 Å². The van der Waals surface area contributed by atoms with Gasteiger partial charge in [0.25, 0.3) is 0 Å². The van der Waals surface area contributed by atoms with E-state index in [1.807, 2.05) is 43.4 Å². The van der Waals surface area contributed by atoms with Crippen LogP contribution in [0, 0.1) is 0 Å². The summed E-state index contributed by atoms with van der Waals surface area (Å²) >= 11 is 3.48. The van der Waals surface area contributed by atoms with Gasteiger partial charge < -0.3 is 14.6 Å². The molecular formula is C16H16BrN3O. The van der Waals surface area contributed by atoms with Gasteiger partial charge in [0.05, 0.1) is 30.4 Å². The molecule has 108 valence electrons. The topological polar surface area (TPSA) is 39.1 Å². The monoisotopic (exact) mass is 345 g/mol. The van der Waals surface area contributed by atoms with E-state index in [2.05, 4.69) is 36.9 Å². The first-order valence-corrected chi connectivity index (χ1v) is 7.46. The van der Waals surface area contributed by atoms with Gasteiger partial charge in [0.2, 0.25) is 0 Å². The van der Waals surface area contributed by atoms with Gasteiger partial charge in [0.15, 0.2) is 0 Å². The van der Waals surface area contributed by atoms with Gasteiger partial charge in [-0.05, 0) is 30.3 Å². The number of ether oxygens (including phenoxy) is 1. The van der Waals surface area contributed by atoms with Gasteiger partial charge in [-0.15, -0.1) is 0 Å². The third-order valence-electron chi connectivity index (χ3n) is 3.48. The molecule has 0 atom stereocenters. The fraction of sp³-hybridized carbons (Fsp3) is 0.188. The van der Waals surface area contributed by atoms with Gasteiger partial charge in [-0.2, -0.15) is 0 Å². The molecule has 0 fully saturated rings. The maximum absolute atomic E-state index is 5.37. The van der Waals surface area contributed by atoms with Crippen LogP contribution in [0.3, 0.4) is 0 Å². The second kappa shape index (κ2) is 5.77. The van der Waals surface area contributed by atoms with E-state index in [1.165, 1.54) is 0 Å². The molecule has 0 spiro atoms. The molecule has 21 heavy (non-hydrogen) atoms. The standard InChI is InChI=1S/C16H16BrN3O/c1-20-14-6-4-3-5-12(14)19-16(20)10-18-13-9-11(17)7-8-15(13)21-2/h3-9,18H,10H2,1-2H3. The van der Waals surface area contributed by atoms with Crippen molar-refractivity contribution in [2.75, 3.05) is 12.4 Å². The Balaban J connectivity index is 1.87. The highest BCUT2D eigenvalue weighted by Gasteiger charge is 2.08. The molecule has 0 unspecified atom stereocenters. The smallest absolute Gasteiger partial charge is 0.142 e. The van der Waals surface area contributed by atoms with Crippen LogP contribution >= 0.6 is 15.9 Å². The van der Waals surface area contributed by atoms with Crippen LogP contribution in [0.15, 0.2) is 46.9 Å². The Hall–Kier alpha value is -2.01. The Labute approximate surface area is 131 Å². The first-order chi connectivity index (χ1) is 10.2. The van der Waals surface area contributed by atoms with Crippen molar-refractivity contribution in [3.8, 4) is 5.75 Å². The number of halogens is 1. The van der Waals surface area contributed by atoms with Crippen LogP contribution in [-0.4, -0.2) is 16.7 Å². The van der Waals surface area contributed by atoms with Gasteiger partial charge in [-0.3, -0.25) is 0 Å². The minimum absolute atomic E-state index is 0.637. The Morgan fingerprint density at radius 3 is 2.81 bits per heavy atom. The first-order valence-electron chi connectivity index (χ1n) is 6.67. The summed E-state index contributed by atoms with van der Waals surface area (Å²) in [7, 11) is 3.70. The molecular weight excluding hydrogens is 330 g/mol. The molecule has 3 aromatic rings. The third-order valence-corrected chi connectivity index (χ3v) is 3.97. The van der Waals surface area contributed by atoms with E-state index < -0.39 is 0 Å². The number of hydrogen-bond donors (Lipinski definition) is 1. The van der Waals surface area contributed by atoms with E-state index in [4.69, 9.17) is 4.74 Å². The lowest BCUT2D eigenvalue weighted by atomic mass is 10.3. The average Bonchev–Trinajstić information content (AvgIpc) is 2.82. The molecule has 0 saturated carbocycles. The molecule has 0 amide bonds. The number of hydrogen-bond acceptors (Lipinski definition) is 3. The van der Waals surface area contributed by atoms with E-state index in [9.17, 15) is 0 Å². The number of methoxy groups -OCH3 is 1. The molecule has 0 saturated heterocycles. The Morgan fingerprint density at radius 2 is 2.05 bits per heavy atom. The molecule has 0 aliphatic rings. The highest BCUT2D eigenvalue weighted by Crippen LogP contribution is 2.28. The van der Waals surface area contributed by atoms with Crippen molar-refractivity contribution >= 4 is 32.7 Å². The highest BCUT2D eigenvalue weighted by atomic mass is 79.9. The van der Waals surface area contributed by atoms with E-state index in [0.717, 1.165) is 32.8 Å². The summed E-state index contributed by atoms with van der Waals surface area (Å²) in [6.45, 7) is 0.637. The lowest BCUT2D eigenvalue weighted by Crippen LogP contribution is -2.06. The second-order valence-electron chi connectivity index (χ2n) is 4.77. The minimum Gasteiger partial charge on any atom is -0.495 e. The van der Waals surface area contributed by atoms with E-state index in [1.54, 1.807) is 7.11 Å². The molecule has 1 N–H and O–H groups in total. The van der Waals surface area contributed by atoms with Crippen LogP contribution in [-0.2, 0) is 13.6 Å². The number of aromatic nitrogens is 2. The van der Waals surface area contributed by atoms with E-state index in [0.29, 0.717) is 6.54 Å². The predicted molar refractivity (Wildman–Crippen MR) is 88.7 cm³/mol. The molecule has 0 aliphatic carbocycles. The summed E-state index contributed by atoms with van der Waals surface area (Å²) in [5.74, 6) is 1.80. The van der Waals surface area contributed by atoms with Gasteiger partial charge in [-0.1, -0.05) is 28.1 Å².